The van der Waals surface area contributed by atoms with Crippen LogP contribution in [0.2, 0.25) is 0 Å². The maximum Gasteiger partial charge on any atom is 0.275 e. The first-order chi connectivity index (χ1) is 8.63. The van der Waals surface area contributed by atoms with Crippen molar-refractivity contribution >= 4 is 11.4 Å². The second-order valence-corrected chi connectivity index (χ2v) is 4.28. The van der Waals surface area contributed by atoms with E-state index in [1.165, 1.54) is 31.4 Å². The van der Waals surface area contributed by atoms with Crippen molar-refractivity contribution in [3.05, 3.63) is 28.3 Å². The van der Waals surface area contributed by atoms with E-state index in [0.717, 1.165) is 12.8 Å². The van der Waals surface area contributed by atoms with Gasteiger partial charge in [0.1, 0.15) is 5.75 Å². The minimum atomic E-state index is -0.468. The van der Waals surface area contributed by atoms with Crippen LogP contribution in [0.15, 0.2) is 18.2 Å². The van der Waals surface area contributed by atoms with Crippen LogP contribution in [0, 0.1) is 10.1 Å². The van der Waals surface area contributed by atoms with Gasteiger partial charge in [-0.1, -0.05) is 32.6 Å². The number of ether oxygens (including phenoxy) is 1. The molecule has 5 nitrogen and oxygen atoms in total. The molecule has 0 spiro atoms. The van der Waals surface area contributed by atoms with Crippen molar-refractivity contribution in [1.29, 1.82) is 0 Å². The second-order valence-electron chi connectivity index (χ2n) is 4.28. The molecule has 0 aliphatic rings. The first-order valence-corrected chi connectivity index (χ1v) is 6.31. The van der Waals surface area contributed by atoms with Gasteiger partial charge in [0.2, 0.25) is 0 Å². The average molecular weight is 252 g/mol. The van der Waals surface area contributed by atoms with Crippen molar-refractivity contribution in [2.75, 3.05) is 12.3 Å². The van der Waals surface area contributed by atoms with Crippen molar-refractivity contribution in [2.24, 2.45) is 0 Å². The Morgan fingerprint density at radius 2 is 1.94 bits per heavy atom. The van der Waals surface area contributed by atoms with E-state index >= 15 is 0 Å². The largest absolute Gasteiger partial charge is 0.493 e. The molecule has 0 bridgehead atoms. The van der Waals surface area contributed by atoms with E-state index in [9.17, 15) is 10.1 Å². The van der Waals surface area contributed by atoms with Crippen LogP contribution in [0.5, 0.6) is 5.75 Å². The van der Waals surface area contributed by atoms with Crippen LogP contribution in [-0.4, -0.2) is 11.5 Å². The maximum absolute atomic E-state index is 10.6. The summed E-state index contributed by atoms with van der Waals surface area (Å²) < 4.78 is 5.47. The summed E-state index contributed by atoms with van der Waals surface area (Å²) in [7, 11) is 0. The number of unbranched alkanes of at least 4 members (excludes halogenated alkanes) is 4. The fraction of sp³-hybridized carbons (Fsp3) is 0.538. The van der Waals surface area contributed by atoms with Crippen molar-refractivity contribution in [3.63, 3.8) is 0 Å². The van der Waals surface area contributed by atoms with E-state index in [-0.39, 0.29) is 5.69 Å². The zero-order valence-corrected chi connectivity index (χ0v) is 10.7. The molecular weight excluding hydrogens is 232 g/mol. The Kier molecular flexibility index (Phi) is 5.97. The van der Waals surface area contributed by atoms with Crippen molar-refractivity contribution < 1.29 is 9.66 Å². The lowest BCUT2D eigenvalue weighted by Crippen LogP contribution is -1.99. The van der Waals surface area contributed by atoms with Gasteiger partial charge in [0.05, 0.1) is 17.6 Å². The van der Waals surface area contributed by atoms with Gasteiger partial charge in [0.15, 0.2) is 0 Å². The summed E-state index contributed by atoms with van der Waals surface area (Å²) in [6, 6.07) is 4.34. The molecule has 0 aliphatic carbocycles. The van der Waals surface area contributed by atoms with Gasteiger partial charge in [-0.25, -0.2) is 0 Å². The highest BCUT2D eigenvalue weighted by atomic mass is 16.6. The number of nitro groups is 1. The summed E-state index contributed by atoms with van der Waals surface area (Å²) in [6.45, 7) is 2.74. The molecule has 1 aromatic carbocycles. The molecule has 0 radical (unpaired) electrons. The lowest BCUT2D eigenvalue weighted by molar-refractivity contribution is -0.384. The number of anilines is 1. The first-order valence-electron chi connectivity index (χ1n) is 6.31. The van der Waals surface area contributed by atoms with E-state index in [4.69, 9.17) is 10.5 Å². The average Bonchev–Trinajstić information content (AvgIpc) is 2.33. The van der Waals surface area contributed by atoms with Gasteiger partial charge >= 0.3 is 0 Å². The van der Waals surface area contributed by atoms with Crippen LogP contribution in [-0.2, 0) is 0 Å². The summed E-state index contributed by atoms with van der Waals surface area (Å²) in [4.78, 5) is 10.2. The Morgan fingerprint density at radius 1 is 1.22 bits per heavy atom. The Balaban J connectivity index is 2.40. The second kappa shape index (κ2) is 7.53. The van der Waals surface area contributed by atoms with Crippen LogP contribution in [0.4, 0.5) is 11.4 Å². The molecule has 0 atom stereocenters. The summed E-state index contributed by atoms with van der Waals surface area (Å²) in [6.07, 6.45) is 5.74. The number of nitrogens with two attached hydrogens (primary N) is 1. The summed E-state index contributed by atoms with van der Waals surface area (Å²) in [5.41, 5.74) is 5.90. The van der Waals surface area contributed by atoms with Gasteiger partial charge in [0.25, 0.3) is 5.69 Å². The lowest BCUT2D eigenvalue weighted by Gasteiger charge is -2.06. The highest BCUT2D eigenvalue weighted by Crippen LogP contribution is 2.24. The van der Waals surface area contributed by atoms with Gasteiger partial charge in [-0.2, -0.15) is 0 Å². The highest BCUT2D eigenvalue weighted by molar-refractivity contribution is 5.53. The van der Waals surface area contributed by atoms with Gasteiger partial charge in [-0.15, -0.1) is 0 Å². The first kappa shape index (κ1) is 14.3. The fourth-order valence-electron chi connectivity index (χ4n) is 1.69. The topological polar surface area (TPSA) is 78.4 Å². The summed E-state index contributed by atoms with van der Waals surface area (Å²) in [5.74, 6) is 0.470. The number of hydrogen-bond acceptors (Lipinski definition) is 4. The normalized spacial score (nSPS) is 10.3. The molecule has 1 rings (SSSR count). The van der Waals surface area contributed by atoms with Crippen molar-refractivity contribution in [3.8, 4) is 5.75 Å². The quantitative estimate of drug-likeness (QED) is 0.332. The van der Waals surface area contributed by atoms with Gasteiger partial charge in [0, 0.05) is 17.8 Å². The number of benzene rings is 1. The molecule has 5 heteroatoms. The van der Waals surface area contributed by atoms with Crippen molar-refractivity contribution in [1.82, 2.24) is 0 Å². The Morgan fingerprint density at radius 3 is 2.61 bits per heavy atom. The van der Waals surface area contributed by atoms with Crippen LogP contribution in [0.25, 0.3) is 0 Å². The van der Waals surface area contributed by atoms with E-state index in [1.807, 2.05) is 0 Å². The number of rotatable bonds is 8. The molecule has 18 heavy (non-hydrogen) atoms. The molecule has 0 heterocycles. The van der Waals surface area contributed by atoms with E-state index < -0.39 is 4.92 Å². The molecular formula is C13H20N2O3. The molecule has 100 valence electrons. The summed E-state index contributed by atoms with van der Waals surface area (Å²) >= 11 is 0. The number of non-ortho nitro benzene ring substituents is 1. The number of nitro benzene ring substituents is 1. The molecule has 0 aromatic heterocycles. The summed E-state index contributed by atoms with van der Waals surface area (Å²) in [5, 5.41) is 10.6. The number of nitrogens with zero attached hydrogens (tertiary/aromatic N) is 1. The van der Waals surface area contributed by atoms with Gasteiger partial charge in [-0.05, 0) is 6.42 Å². The molecule has 1 aromatic rings. The Hall–Kier alpha value is -1.78. The van der Waals surface area contributed by atoms with E-state index in [1.54, 1.807) is 6.07 Å². The third-order valence-electron chi connectivity index (χ3n) is 2.64. The smallest absolute Gasteiger partial charge is 0.275 e. The van der Waals surface area contributed by atoms with E-state index in [2.05, 4.69) is 6.92 Å². The van der Waals surface area contributed by atoms with Crippen LogP contribution in [0.3, 0.4) is 0 Å². The molecule has 0 amide bonds. The SMILES string of the molecule is CCCCCCCOc1cc(N)cc([N+](=O)[O-])c1. The van der Waals surface area contributed by atoms with Gasteiger partial charge < -0.3 is 10.5 Å². The standard InChI is InChI=1S/C13H20N2O3/c1-2-3-4-5-6-7-18-13-9-11(14)8-12(10-13)15(16)17/h8-10H,2-7,14H2,1H3. The third kappa shape index (κ3) is 5.03. The monoisotopic (exact) mass is 252 g/mol. The van der Waals surface area contributed by atoms with Crippen LogP contribution >= 0.6 is 0 Å². The van der Waals surface area contributed by atoms with E-state index in [0.29, 0.717) is 18.0 Å². The number of hydrogen-bond donors (Lipinski definition) is 1. The van der Waals surface area contributed by atoms with Crippen LogP contribution in [0.1, 0.15) is 39.0 Å². The minimum absolute atomic E-state index is 0.0315. The predicted octanol–water partition coefficient (Wildman–Crippen LogP) is 3.53. The lowest BCUT2D eigenvalue weighted by atomic mass is 10.2. The van der Waals surface area contributed by atoms with Gasteiger partial charge in [-0.3, -0.25) is 10.1 Å². The Bertz CT molecular complexity index is 394. The molecule has 0 saturated carbocycles. The predicted molar refractivity (Wildman–Crippen MR) is 71.8 cm³/mol. The maximum atomic E-state index is 10.6. The Labute approximate surface area is 107 Å². The molecule has 2 N–H and O–H groups in total. The molecule has 0 fully saturated rings. The minimum Gasteiger partial charge on any atom is -0.493 e. The number of nitrogen functional groups attached to an aromatic ring is 1. The van der Waals surface area contributed by atoms with Crippen molar-refractivity contribution in [2.45, 2.75) is 39.0 Å². The third-order valence-corrected chi connectivity index (χ3v) is 2.64. The zero-order chi connectivity index (χ0) is 13.4. The highest BCUT2D eigenvalue weighted by Gasteiger charge is 2.08. The zero-order valence-electron chi connectivity index (χ0n) is 10.7. The molecule has 0 unspecified atom stereocenters. The molecule has 0 aliphatic heterocycles. The van der Waals surface area contributed by atoms with Crippen LogP contribution < -0.4 is 10.5 Å². The fourth-order valence-corrected chi connectivity index (χ4v) is 1.69. The molecule has 0 saturated heterocycles.